The maximum absolute atomic E-state index is 11.9. The number of hydrogen-bond acceptors (Lipinski definition) is 3. The van der Waals surface area contributed by atoms with Gasteiger partial charge in [0.05, 0.1) is 0 Å². The lowest BCUT2D eigenvalue weighted by molar-refractivity contribution is -0.121. The van der Waals surface area contributed by atoms with Gasteiger partial charge in [0, 0.05) is 38.1 Å². The molecule has 4 nitrogen and oxygen atoms in total. The second kappa shape index (κ2) is 7.88. The predicted octanol–water partition coefficient (Wildman–Crippen LogP) is 2.55. The largest absolute Gasteiger partial charge is 0.353 e. The third-order valence-corrected chi connectivity index (χ3v) is 5.99. The van der Waals surface area contributed by atoms with Crippen molar-refractivity contribution < 1.29 is 4.79 Å². The first-order valence-electron chi connectivity index (χ1n) is 10.1. The number of rotatable bonds is 7. The summed E-state index contributed by atoms with van der Waals surface area (Å²) in [6, 6.07) is 11.9. The molecule has 136 valence electrons. The molecule has 3 atom stereocenters. The molecular weight excluding hydrogens is 310 g/mol. The van der Waals surface area contributed by atoms with E-state index in [1.165, 1.54) is 37.9 Å². The predicted molar refractivity (Wildman–Crippen MR) is 100 cm³/mol. The minimum Gasteiger partial charge on any atom is -0.353 e. The van der Waals surface area contributed by atoms with E-state index in [0.29, 0.717) is 18.5 Å². The molecule has 4 heteroatoms. The summed E-state index contributed by atoms with van der Waals surface area (Å²) in [5.41, 5.74) is 1.42. The van der Waals surface area contributed by atoms with Crippen LogP contribution in [0.5, 0.6) is 0 Å². The zero-order valence-electron chi connectivity index (χ0n) is 15.1. The fraction of sp³-hybridized carbons (Fsp3) is 0.667. The highest BCUT2D eigenvalue weighted by atomic mass is 16.1. The Balaban J connectivity index is 1.24. The standard InChI is InChI=1S/C21H31N3O/c25-21(23-19-9-10-19)8-4-7-20-18-11-17(12-22-20)14-24(15-18)13-16-5-2-1-3-6-16/h1-3,5-6,17-20,22H,4,7-15H2,(H,23,25). The number of hydrogen-bond donors (Lipinski definition) is 2. The molecule has 2 saturated heterocycles. The van der Waals surface area contributed by atoms with E-state index in [1.54, 1.807) is 0 Å². The Bertz CT molecular complexity index is 572. The summed E-state index contributed by atoms with van der Waals surface area (Å²) in [4.78, 5) is 14.5. The summed E-state index contributed by atoms with van der Waals surface area (Å²) in [7, 11) is 0. The summed E-state index contributed by atoms with van der Waals surface area (Å²) in [5, 5.41) is 6.88. The maximum atomic E-state index is 11.9. The second-order valence-corrected chi connectivity index (χ2v) is 8.29. The number of piperidine rings is 2. The minimum absolute atomic E-state index is 0.255. The van der Waals surface area contributed by atoms with E-state index in [2.05, 4.69) is 45.9 Å². The molecule has 3 fully saturated rings. The molecule has 1 aliphatic carbocycles. The van der Waals surface area contributed by atoms with Gasteiger partial charge in [0.25, 0.3) is 0 Å². The van der Waals surface area contributed by atoms with Crippen molar-refractivity contribution in [3.8, 4) is 0 Å². The van der Waals surface area contributed by atoms with Gasteiger partial charge in [0.2, 0.25) is 5.91 Å². The van der Waals surface area contributed by atoms with Crippen molar-refractivity contribution in [1.29, 1.82) is 0 Å². The van der Waals surface area contributed by atoms with Crippen molar-refractivity contribution in [2.75, 3.05) is 19.6 Å². The zero-order chi connectivity index (χ0) is 17.1. The molecule has 0 radical (unpaired) electrons. The lowest BCUT2D eigenvalue weighted by Crippen LogP contribution is -2.55. The fourth-order valence-electron chi connectivity index (χ4n) is 4.59. The number of benzene rings is 1. The van der Waals surface area contributed by atoms with Crippen molar-refractivity contribution >= 4 is 5.91 Å². The van der Waals surface area contributed by atoms with Gasteiger partial charge in [-0.2, -0.15) is 0 Å². The molecule has 1 aromatic rings. The van der Waals surface area contributed by atoms with E-state index in [0.717, 1.165) is 37.8 Å². The number of carbonyl (C=O) groups excluding carboxylic acids is 1. The molecule has 2 heterocycles. The van der Waals surface area contributed by atoms with Crippen molar-refractivity contribution in [3.05, 3.63) is 35.9 Å². The third kappa shape index (κ3) is 4.83. The topological polar surface area (TPSA) is 44.4 Å². The molecule has 2 N–H and O–H groups in total. The van der Waals surface area contributed by atoms with Crippen LogP contribution in [0, 0.1) is 11.8 Å². The molecule has 4 rings (SSSR count). The number of nitrogens with zero attached hydrogens (tertiary/aromatic N) is 1. The summed E-state index contributed by atoms with van der Waals surface area (Å²) < 4.78 is 0. The highest BCUT2D eigenvalue weighted by Crippen LogP contribution is 2.31. The van der Waals surface area contributed by atoms with Gasteiger partial charge in [-0.05, 0) is 56.0 Å². The van der Waals surface area contributed by atoms with E-state index in [4.69, 9.17) is 0 Å². The minimum atomic E-state index is 0.255. The summed E-state index contributed by atoms with van der Waals surface area (Å²) in [6.45, 7) is 4.62. The van der Waals surface area contributed by atoms with Crippen LogP contribution in [-0.4, -0.2) is 42.5 Å². The van der Waals surface area contributed by atoms with Crippen LogP contribution >= 0.6 is 0 Å². The van der Waals surface area contributed by atoms with Gasteiger partial charge in [0.1, 0.15) is 0 Å². The van der Waals surface area contributed by atoms with Crippen molar-refractivity contribution in [2.24, 2.45) is 11.8 Å². The number of fused-ring (bicyclic) bond motifs is 2. The number of nitrogens with one attached hydrogen (secondary N) is 2. The first kappa shape index (κ1) is 17.0. The Morgan fingerprint density at radius 3 is 2.84 bits per heavy atom. The second-order valence-electron chi connectivity index (χ2n) is 8.29. The van der Waals surface area contributed by atoms with Crippen molar-refractivity contribution in [2.45, 2.75) is 57.2 Å². The van der Waals surface area contributed by atoms with E-state index >= 15 is 0 Å². The quantitative estimate of drug-likeness (QED) is 0.801. The number of amides is 1. The van der Waals surface area contributed by atoms with Gasteiger partial charge in [-0.1, -0.05) is 30.3 Å². The van der Waals surface area contributed by atoms with Crippen LogP contribution in [0.1, 0.15) is 44.1 Å². The lowest BCUT2D eigenvalue weighted by atomic mass is 9.79. The van der Waals surface area contributed by atoms with E-state index < -0.39 is 0 Å². The number of likely N-dealkylation sites (tertiary alicyclic amines) is 1. The third-order valence-electron chi connectivity index (χ3n) is 5.99. The van der Waals surface area contributed by atoms with Crippen LogP contribution in [0.15, 0.2) is 30.3 Å². The van der Waals surface area contributed by atoms with Crippen molar-refractivity contribution in [1.82, 2.24) is 15.5 Å². The van der Waals surface area contributed by atoms with Gasteiger partial charge in [-0.25, -0.2) is 0 Å². The molecule has 2 aliphatic heterocycles. The highest BCUT2D eigenvalue weighted by molar-refractivity contribution is 5.76. The molecule has 2 bridgehead atoms. The Labute approximate surface area is 151 Å². The monoisotopic (exact) mass is 341 g/mol. The van der Waals surface area contributed by atoms with Gasteiger partial charge in [0.15, 0.2) is 0 Å². The normalized spacial score (nSPS) is 29.4. The maximum Gasteiger partial charge on any atom is 0.220 e. The average Bonchev–Trinajstić information content (AvgIpc) is 3.42. The van der Waals surface area contributed by atoms with E-state index in [9.17, 15) is 4.79 Å². The Morgan fingerprint density at radius 2 is 2.04 bits per heavy atom. The average molecular weight is 341 g/mol. The van der Waals surface area contributed by atoms with Crippen LogP contribution in [0.25, 0.3) is 0 Å². The molecule has 1 saturated carbocycles. The first-order valence-corrected chi connectivity index (χ1v) is 10.1. The van der Waals surface area contributed by atoms with Crippen LogP contribution < -0.4 is 10.6 Å². The molecular formula is C21H31N3O. The van der Waals surface area contributed by atoms with Gasteiger partial charge >= 0.3 is 0 Å². The van der Waals surface area contributed by atoms with Crippen molar-refractivity contribution in [3.63, 3.8) is 0 Å². The van der Waals surface area contributed by atoms with Crippen LogP contribution in [-0.2, 0) is 11.3 Å². The van der Waals surface area contributed by atoms with E-state index in [-0.39, 0.29) is 5.91 Å². The van der Waals surface area contributed by atoms with E-state index in [1.807, 2.05) is 0 Å². The van der Waals surface area contributed by atoms with Crippen LogP contribution in [0.4, 0.5) is 0 Å². The molecule has 0 aromatic heterocycles. The molecule has 25 heavy (non-hydrogen) atoms. The Kier molecular flexibility index (Phi) is 5.37. The van der Waals surface area contributed by atoms with Gasteiger partial charge < -0.3 is 10.6 Å². The van der Waals surface area contributed by atoms with Crippen LogP contribution in [0.2, 0.25) is 0 Å². The fourth-order valence-corrected chi connectivity index (χ4v) is 4.59. The molecule has 1 aromatic carbocycles. The molecule has 1 amide bonds. The Morgan fingerprint density at radius 1 is 1.20 bits per heavy atom. The summed E-state index contributed by atoms with van der Waals surface area (Å²) in [6.07, 6.45) is 6.55. The SMILES string of the molecule is O=C(CCCC1NCC2CC1CN(Cc1ccccc1)C2)NC1CC1. The molecule has 3 unspecified atom stereocenters. The van der Waals surface area contributed by atoms with Gasteiger partial charge in [-0.15, -0.1) is 0 Å². The first-order chi connectivity index (χ1) is 12.3. The molecule has 3 aliphatic rings. The Hall–Kier alpha value is -1.39. The van der Waals surface area contributed by atoms with Crippen LogP contribution in [0.3, 0.4) is 0 Å². The number of carbonyl (C=O) groups is 1. The highest BCUT2D eigenvalue weighted by Gasteiger charge is 2.36. The smallest absolute Gasteiger partial charge is 0.220 e. The zero-order valence-corrected chi connectivity index (χ0v) is 15.1. The lowest BCUT2D eigenvalue weighted by Gasteiger charge is -2.46. The summed E-state index contributed by atoms with van der Waals surface area (Å²) >= 11 is 0. The molecule has 0 spiro atoms. The summed E-state index contributed by atoms with van der Waals surface area (Å²) in [5.74, 6) is 1.78. The van der Waals surface area contributed by atoms with Gasteiger partial charge in [-0.3, -0.25) is 9.69 Å².